The first-order chi connectivity index (χ1) is 14.1. The zero-order chi connectivity index (χ0) is 20.5. The van der Waals surface area contributed by atoms with Gasteiger partial charge in [-0.25, -0.2) is 0 Å². The van der Waals surface area contributed by atoms with Crippen LogP contribution >= 0.6 is 0 Å². The van der Waals surface area contributed by atoms with Gasteiger partial charge in [-0.3, -0.25) is 20.4 Å². The van der Waals surface area contributed by atoms with Crippen LogP contribution in [0.1, 0.15) is 10.4 Å². The van der Waals surface area contributed by atoms with E-state index in [4.69, 9.17) is 9.47 Å². The molecule has 3 aromatic carbocycles. The third-order valence-electron chi connectivity index (χ3n) is 3.95. The van der Waals surface area contributed by atoms with Gasteiger partial charge in [0.25, 0.3) is 11.8 Å². The highest BCUT2D eigenvalue weighted by Gasteiger charge is 2.08. The molecule has 0 radical (unpaired) electrons. The van der Waals surface area contributed by atoms with Crippen molar-refractivity contribution in [1.29, 1.82) is 0 Å². The number of amides is 2. The maximum absolute atomic E-state index is 12.2. The fourth-order valence-corrected chi connectivity index (χ4v) is 2.43. The molecule has 29 heavy (non-hydrogen) atoms. The van der Waals surface area contributed by atoms with Crippen LogP contribution in [0.4, 0.5) is 5.69 Å². The van der Waals surface area contributed by atoms with E-state index in [1.807, 2.05) is 30.3 Å². The first-order valence-electron chi connectivity index (χ1n) is 8.94. The Balaban J connectivity index is 1.44. The number of carbonyl (C=O) groups excluding carboxylic acids is 2. The summed E-state index contributed by atoms with van der Waals surface area (Å²) in [6, 6.07) is 23.1. The Morgan fingerprint density at radius 1 is 0.759 bits per heavy atom. The molecule has 148 valence electrons. The minimum absolute atomic E-state index is 0.0104. The first-order valence-corrected chi connectivity index (χ1v) is 8.94. The minimum Gasteiger partial charge on any atom is -0.497 e. The van der Waals surface area contributed by atoms with Crippen LogP contribution in [0.25, 0.3) is 0 Å². The molecular weight excluding hydrogens is 370 g/mol. The molecule has 0 saturated heterocycles. The lowest BCUT2D eigenvalue weighted by Gasteiger charge is -2.10. The van der Waals surface area contributed by atoms with Crippen LogP contribution in [0.3, 0.4) is 0 Å². The summed E-state index contributed by atoms with van der Waals surface area (Å²) < 4.78 is 10.8. The van der Waals surface area contributed by atoms with E-state index in [0.717, 1.165) is 11.4 Å². The molecule has 0 aromatic heterocycles. The number of para-hydroxylation sites is 1. The molecule has 7 heteroatoms. The van der Waals surface area contributed by atoms with E-state index in [0.29, 0.717) is 17.1 Å². The summed E-state index contributed by atoms with van der Waals surface area (Å²) >= 11 is 0. The third kappa shape index (κ3) is 6.00. The van der Waals surface area contributed by atoms with Crippen LogP contribution < -0.4 is 25.6 Å². The lowest BCUT2D eigenvalue weighted by atomic mass is 10.2. The molecule has 0 atom stereocenters. The quantitative estimate of drug-likeness (QED) is 0.538. The van der Waals surface area contributed by atoms with E-state index >= 15 is 0 Å². The van der Waals surface area contributed by atoms with Crippen molar-refractivity contribution in [2.75, 3.05) is 19.0 Å². The van der Waals surface area contributed by atoms with Crippen molar-refractivity contribution in [2.24, 2.45) is 0 Å². The lowest BCUT2D eigenvalue weighted by molar-refractivity contribution is -0.120. The standard InChI is InChI=1S/C22H21N3O4/c1-28-18-13-9-17(10-14-18)23-15-21(26)24-25-22(27)16-7-11-20(12-8-16)29-19-5-3-2-4-6-19/h2-14,23H,15H2,1H3,(H,24,26)(H,25,27). The van der Waals surface area contributed by atoms with Crippen molar-refractivity contribution in [1.82, 2.24) is 10.9 Å². The van der Waals surface area contributed by atoms with Crippen molar-refractivity contribution < 1.29 is 19.1 Å². The zero-order valence-corrected chi connectivity index (χ0v) is 15.8. The molecule has 0 spiro atoms. The summed E-state index contributed by atoms with van der Waals surface area (Å²) in [5.41, 5.74) is 5.92. The molecule has 7 nitrogen and oxygen atoms in total. The van der Waals surface area contributed by atoms with E-state index in [-0.39, 0.29) is 12.5 Å². The molecule has 3 aromatic rings. The van der Waals surface area contributed by atoms with Crippen LogP contribution in [0.15, 0.2) is 78.9 Å². The molecule has 0 saturated carbocycles. The van der Waals surface area contributed by atoms with Gasteiger partial charge in [-0.15, -0.1) is 0 Å². The zero-order valence-electron chi connectivity index (χ0n) is 15.8. The summed E-state index contributed by atoms with van der Waals surface area (Å²) in [4.78, 5) is 24.1. The molecule has 0 aliphatic heterocycles. The molecule has 0 bridgehead atoms. The van der Waals surface area contributed by atoms with Gasteiger partial charge in [0.2, 0.25) is 0 Å². The van der Waals surface area contributed by atoms with Crippen LogP contribution in [0.5, 0.6) is 17.2 Å². The van der Waals surface area contributed by atoms with Crippen LogP contribution in [-0.2, 0) is 4.79 Å². The summed E-state index contributed by atoms with van der Waals surface area (Å²) in [6.07, 6.45) is 0. The lowest BCUT2D eigenvalue weighted by Crippen LogP contribution is -2.44. The van der Waals surface area contributed by atoms with Gasteiger partial charge in [0.1, 0.15) is 17.2 Å². The SMILES string of the molecule is COc1ccc(NCC(=O)NNC(=O)c2ccc(Oc3ccccc3)cc2)cc1. The molecular formula is C22H21N3O4. The molecule has 3 N–H and O–H groups in total. The fraction of sp³-hybridized carbons (Fsp3) is 0.0909. The number of hydrogen-bond acceptors (Lipinski definition) is 5. The number of ether oxygens (including phenoxy) is 2. The van der Waals surface area contributed by atoms with E-state index in [9.17, 15) is 9.59 Å². The molecule has 0 fully saturated rings. The van der Waals surface area contributed by atoms with Gasteiger partial charge < -0.3 is 14.8 Å². The number of rotatable bonds is 7. The van der Waals surface area contributed by atoms with Crippen LogP contribution in [0.2, 0.25) is 0 Å². The second-order valence-corrected chi connectivity index (χ2v) is 6.02. The highest BCUT2D eigenvalue weighted by Crippen LogP contribution is 2.21. The summed E-state index contributed by atoms with van der Waals surface area (Å²) in [6.45, 7) is 0.0104. The Morgan fingerprint density at radius 3 is 2.03 bits per heavy atom. The maximum Gasteiger partial charge on any atom is 0.269 e. The van der Waals surface area contributed by atoms with Gasteiger partial charge in [-0.1, -0.05) is 18.2 Å². The van der Waals surface area contributed by atoms with Gasteiger partial charge in [-0.05, 0) is 60.7 Å². The number of methoxy groups -OCH3 is 1. The average Bonchev–Trinajstić information content (AvgIpc) is 2.77. The predicted octanol–water partition coefficient (Wildman–Crippen LogP) is 3.36. The minimum atomic E-state index is -0.422. The van der Waals surface area contributed by atoms with Crippen molar-refractivity contribution in [3.8, 4) is 17.2 Å². The monoisotopic (exact) mass is 391 g/mol. The number of hydrogen-bond donors (Lipinski definition) is 3. The van der Waals surface area contributed by atoms with E-state index < -0.39 is 5.91 Å². The second kappa shape index (κ2) is 9.80. The molecule has 0 aliphatic rings. The Labute approximate surface area is 168 Å². The van der Waals surface area contributed by atoms with Crippen molar-refractivity contribution in [2.45, 2.75) is 0 Å². The molecule has 3 rings (SSSR count). The fourth-order valence-electron chi connectivity index (χ4n) is 2.43. The second-order valence-electron chi connectivity index (χ2n) is 6.02. The Bertz CT molecular complexity index is 942. The van der Waals surface area contributed by atoms with Gasteiger partial charge in [0.15, 0.2) is 0 Å². The number of anilines is 1. The molecule has 0 unspecified atom stereocenters. The first kappa shape index (κ1) is 19.8. The summed E-state index contributed by atoms with van der Waals surface area (Å²) in [7, 11) is 1.59. The Hall–Kier alpha value is -4.00. The Morgan fingerprint density at radius 2 is 1.38 bits per heavy atom. The van der Waals surface area contributed by atoms with Crippen molar-refractivity contribution in [3.05, 3.63) is 84.4 Å². The van der Waals surface area contributed by atoms with Gasteiger partial charge >= 0.3 is 0 Å². The summed E-state index contributed by atoms with van der Waals surface area (Å²) in [5, 5.41) is 2.95. The van der Waals surface area contributed by atoms with Crippen molar-refractivity contribution >= 4 is 17.5 Å². The molecule has 0 heterocycles. The highest BCUT2D eigenvalue weighted by atomic mass is 16.5. The van der Waals surface area contributed by atoms with Gasteiger partial charge in [0.05, 0.1) is 13.7 Å². The average molecular weight is 391 g/mol. The molecule has 0 aliphatic carbocycles. The molecule has 2 amide bonds. The van der Waals surface area contributed by atoms with E-state index in [2.05, 4.69) is 16.2 Å². The number of nitrogens with one attached hydrogen (secondary N) is 3. The summed E-state index contributed by atoms with van der Waals surface area (Å²) in [5.74, 6) is 1.25. The van der Waals surface area contributed by atoms with Crippen LogP contribution in [0, 0.1) is 0 Å². The highest BCUT2D eigenvalue weighted by molar-refractivity contribution is 5.95. The topological polar surface area (TPSA) is 88.7 Å². The van der Waals surface area contributed by atoms with E-state index in [1.165, 1.54) is 0 Å². The number of carbonyl (C=O) groups is 2. The predicted molar refractivity (Wildman–Crippen MR) is 110 cm³/mol. The van der Waals surface area contributed by atoms with Crippen molar-refractivity contribution in [3.63, 3.8) is 0 Å². The Kier molecular flexibility index (Phi) is 6.67. The largest absolute Gasteiger partial charge is 0.497 e. The normalized spacial score (nSPS) is 9.97. The maximum atomic E-state index is 12.2. The smallest absolute Gasteiger partial charge is 0.269 e. The number of hydrazine groups is 1. The number of benzene rings is 3. The third-order valence-corrected chi connectivity index (χ3v) is 3.95. The van der Waals surface area contributed by atoms with Gasteiger partial charge in [0, 0.05) is 11.3 Å². The van der Waals surface area contributed by atoms with Gasteiger partial charge in [-0.2, -0.15) is 0 Å². The van der Waals surface area contributed by atoms with Crippen LogP contribution in [-0.4, -0.2) is 25.5 Å². The van der Waals surface area contributed by atoms with E-state index in [1.54, 1.807) is 55.6 Å².